The lowest BCUT2D eigenvalue weighted by atomic mass is 9.93. The summed E-state index contributed by atoms with van der Waals surface area (Å²) in [4.78, 5) is 35.6. The van der Waals surface area contributed by atoms with Gasteiger partial charge in [-0.15, -0.1) is 11.3 Å². The van der Waals surface area contributed by atoms with Gasteiger partial charge in [0.1, 0.15) is 10.8 Å². The average Bonchev–Trinajstić information content (AvgIpc) is 3.60. The largest absolute Gasteiger partial charge is 0.288 e. The fourth-order valence-corrected chi connectivity index (χ4v) is 6.91. The number of ketones is 2. The molecule has 0 bridgehead atoms. The van der Waals surface area contributed by atoms with E-state index in [1.807, 2.05) is 115 Å². The van der Waals surface area contributed by atoms with Crippen LogP contribution in [0.5, 0.6) is 0 Å². The minimum Gasteiger partial charge on any atom is -0.288 e. The van der Waals surface area contributed by atoms with E-state index in [4.69, 9.17) is 4.98 Å². The number of anilines is 3. The number of aromatic nitrogens is 1. The molecule has 2 heterocycles. The second-order valence-corrected chi connectivity index (χ2v) is 11.4. The molecule has 2 aromatic heterocycles. The zero-order valence-corrected chi connectivity index (χ0v) is 23.1. The minimum absolute atomic E-state index is 0.204. The molecule has 0 saturated heterocycles. The quantitative estimate of drug-likeness (QED) is 0.123. The highest BCUT2D eigenvalue weighted by Gasteiger charge is 2.36. The molecule has 5 aromatic carbocycles. The molecule has 42 heavy (non-hydrogen) atoms. The van der Waals surface area contributed by atoms with Crippen LogP contribution in [0.3, 0.4) is 0 Å². The fourth-order valence-electron chi connectivity index (χ4n) is 5.93. The van der Waals surface area contributed by atoms with Crippen LogP contribution in [0.15, 0.2) is 133 Å². The number of hydrogen-bond acceptors (Lipinski definition) is 5. The molecule has 198 valence electrons. The van der Waals surface area contributed by atoms with Crippen LogP contribution < -0.4 is 4.90 Å². The van der Waals surface area contributed by atoms with Gasteiger partial charge in [-0.2, -0.15) is 0 Å². The van der Waals surface area contributed by atoms with Gasteiger partial charge in [-0.05, 0) is 70.1 Å². The Hall–Kier alpha value is -5.39. The summed E-state index contributed by atoms with van der Waals surface area (Å²) in [5, 5.41) is 5.60. The van der Waals surface area contributed by atoms with Gasteiger partial charge in [0.25, 0.3) is 0 Å². The summed E-state index contributed by atoms with van der Waals surface area (Å²) in [6.45, 7) is 0. The van der Waals surface area contributed by atoms with Gasteiger partial charge < -0.3 is 0 Å². The van der Waals surface area contributed by atoms with Gasteiger partial charge in [0.2, 0.25) is 0 Å². The summed E-state index contributed by atoms with van der Waals surface area (Å²) < 4.78 is 0. The lowest BCUT2D eigenvalue weighted by molar-refractivity contribution is 0.0991. The number of rotatable bonds is 4. The van der Waals surface area contributed by atoms with Crippen molar-refractivity contribution < 1.29 is 9.59 Å². The van der Waals surface area contributed by atoms with Crippen molar-refractivity contribution >= 4 is 77.9 Å². The van der Waals surface area contributed by atoms with E-state index in [1.165, 1.54) is 11.3 Å². The number of fused-ring (bicyclic) bond motifs is 7. The lowest BCUT2D eigenvalue weighted by Gasteiger charge is -2.22. The number of nitrogens with zero attached hydrogens (tertiary/aromatic N) is 2. The second-order valence-electron chi connectivity index (χ2n) is 10.3. The Morgan fingerprint density at radius 3 is 1.86 bits per heavy atom. The van der Waals surface area contributed by atoms with E-state index >= 15 is 0 Å². The van der Waals surface area contributed by atoms with Crippen molar-refractivity contribution in [3.8, 4) is 0 Å². The van der Waals surface area contributed by atoms with Crippen LogP contribution in [0, 0.1) is 0 Å². The van der Waals surface area contributed by atoms with Crippen LogP contribution >= 0.6 is 11.3 Å². The predicted octanol–water partition coefficient (Wildman–Crippen LogP) is 9.54. The van der Waals surface area contributed by atoms with Crippen molar-refractivity contribution in [1.29, 1.82) is 0 Å². The summed E-state index contributed by atoms with van der Waals surface area (Å²) in [5.41, 5.74) is 3.09. The number of para-hydroxylation sites is 2. The molecule has 7 aromatic rings. The predicted molar refractivity (Wildman–Crippen MR) is 172 cm³/mol. The van der Waals surface area contributed by atoms with Crippen molar-refractivity contribution in [3.63, 3.8) is 0 Å². The number of carbonyl (C=O) groups excluding carboxylic acids is 2. The highest BCUT2D eigenvalue weighted by molar-refractivity contribution is 7.17. The zero-order chi connectivity index (χ0) is 28.2. The van der Waals surface area contributed by atoms with Crippen LogP contribution in [-0.2, 0) is 0 Å². The Labute approximate surface area is 245 Å². The zero-order valence-electron chi connectivity index (χ0n) is 22.3. The molecule has 1 aliphatic rings. The summed E-state index contributed by atoms with van der Waals surface area (Å²) >= 11 is 1.52. The molecule has 0 aliphatic heterocycles. The molecule has 0 unspecified atom stereocenters. The highest BCUT2D eigenvalue weighted by Crippen LogP contribution is 2.42. The molecule has 0 spiro atoms. The van der Waals surface area contributed by atoms with Crippen molar-refractivity contribution in [1.82, 2.24) is 4.98 Å². The van der Waals surface area contributed by atoms with Gasteiger partial charge >= 0.3 is 0 Å². The Morgan fingerprint density at radius 2 is 1.17 bits per heavy atom. The van der Waals surface area contributed by atoms with Gasteiger partial charge in [-0.1, -0.05) is 84.9 Å². The van der Waals surface area contributed by atoms with E-state index in [-0.39, 0.29) is 17.1 Å². The summed E-state index contributed by atoms with van der Waals surface area (Å²) in [7, 11) is 0. The van der Waals surface area contributed by atoms with E-state index in [9.17, 15) is 9.59 Å². The maximum Gasteiger partial charge on any atom is 0.198 e. The number of Topliss-reactive ketones (excluding diaryl/α,β-unsaturated/α-hetero) is 2. The smallest absolute Gasteiger partial charge is 0.198 e. The van der Waals surface area contributed by atoms with Crippen LogP contribution in [0.25, 0.3) is 38.5 Å². The second kappa shape index (κ2) is 9.61. The number of allylic oxidation sites excluding steroid dienone is 1. The molecule has 0 fully saturated rings. The molecular weight excluding hydrogens is 536 g/mol. The Morgan fingerprint density at radius 1 is 0.571 bits per heavy atom. The number of thiophene rings is 1. The number of carbonyl (C=O) groups is 2. The molecule has 1 aliphatic carbocycles. The first kappa shape index (κ1) is 24.4. The molecule has 4 nitrogen and oxygen atoms in total. The van der Waals surface area contributed by atoms with E-state index in [1.54, 1.807) is 6.08 Å². The van der Waals surface area contributed by atoms with Gasteiger partial charge in [0, 0.05) is 27.1 Å². The van der Waals surface area contributed by atoms with E-state index < -0.39 is 0 Å². The Balaban J connectivity index is 1.24. The monoisotopic (exact) mass is 558 g/mol. The first-order valence-electron chi connectivity index (χ1n) is 13.7. The van der Waals surface area contributed by atoms with Gasteiger partial charge in [0.05, 0.1) is 11.1 Å². The van der Waals surface area contributed by atoms with Gasteiger partial charge in [0.15, 0.2) is 11.6 Å². The van der Waals surface area contributed by atoms with Crippen molar-refractivity contribution in [2.75, 3.05) is 4.90 Å². The van der Waals surface area contributed by atoms with Crippen molar-refractivity contribution in [3.05, 3.63) is 149 Å². The fraction of sp³-hybridized carbons (Fsp3) is 0. The molecule has 0 amide bonds. The summed E-state index contributed by atoms with van der Waals surface area (Å²) in [5.74, 6) is 0.352. The van der Waals surface area contributed by atoms with Crippen LogP contribution in [-0.4, -0.2) is 16.6 Å². The number of benzene rings is 5. The lowest BCUT2D eigenvalue weighted by Crippen LogP contribution is -2.09. The SMILES string of the molecule is O=C1C(=Cc2ccc(N(c3ccccc3)c3ccc4ccccc4n3)s2)C(=O)c2c1c1ccccc1c1ccccc21. The van der Waals surface area contributed by atoms with Gasteiger partial charge in [-0.3, -0.25) is 14.5 Å². The molecule has 0 radical (unpaired) electrons. The maximum atomic E-state index is 13.9. The molecule has 0 atom stereocenters. The third kappa shape index (κ3) is 3.79. The molecular formula is C37H22N2O2S. The van der Waals surface area contributed by atoms with Crippen LogP contribution in [0.1, 0.15) is 25.6 Å². The molecule has 8 rings (SSSR count). The number of hydrogen-bond donors (Lipinski definition) is 0. The van der Waals surface area contributed by atoms with E-state index in [0.717, 1.165) is 53.8 Å². The summed E-state index contributed by atoms with van der Waals surface area (Å²) in [6.07, 6.45) is 1.75. The molecule has 5 heteroatoms. The van der Waals surface area contributed by atoms with Crippen LogP contribution in [0.4, 0.5) is 16.5 Å². The van der Waals surface area contributed by atoms with Crippen molar-refractivity contribution in [2.45, 2.75) is 0 Å². The third-order valence-electron chi connectivity index (χ3n) is 7.82. The normalized spacial score (nSPS) is 12.8. The van der Waals surface area contributed by atoms with Gasteiger partial charge in [-0.25, -0.2) is 4.98 Å². The van der Waals surface area contributed by atoms with E-state index in [0.29, 0.717) is 11.1 Å². The standard InChI is InChI=1S/C37H22N2O2S/c40-36-30(37(41)35-29-16-8-6-14-27(29)26-13-5-7-15-28(26)34(35)36)22-25-19-21-33(42-25)39(24-11-2-1-3-12-24)32-20-18-23-10-4-9-17-31(23)38-32/h1-22H. The van der Waals surface area contributed by atoms with E-state index in [2.05, 4.69) is 17.0 Å². The van der Waals surface area contributed by atoms with Crippen LogP contribution in [0.2, 0.25) is 0 Å². The highest BCUT2D eigenvalue weighted by atomic mass is 32.1. The number of pyridine rings is 1. The summed E-state index contributed by atoms with van der Waals surface area (Å²) in [6, 6.07) is 41.9. The first-order chi connectivity index (χ1) is 20.7. The molecule has 0 N–H and O–H groups in total. The Kier molecular flexibility index (Phi) is 5.59. The minimum atomic E-state index is -0.219. The van der Waals surface area contributed by atoms with Crippen molar-refractivity contribution in [2.24, 2.45) is 0 Å². The third-order valence-corrected chi connectivity index (χ3v) is 8.84. The first-order valence-corrected chi connectivity index (χ1v) is 14.5. The Bertz CT molecular complexity index is 2170. The average molecular weight is 559 g/mol. The molecule has 0 saturated carbocycles. The topological polar surface area (TPSA) is 50.3 Å². The maximum absolute atomic E-state index is 13.9.